The Balaban J connectivity index is 0. The first-order valence-electron chi connectivity index (χ1n) is 4.57. The molecule has 1 N–H and O–H groups in total. The van der Waals surface area contributed by atoms with Crippen LogP contribution in [-0.4, -0.2) is 25.0 Å². The van der Waals surface area contributed by atoms with Gasteiger partial charge in [-0.3, -0.25) is 4.79 Å². The molecule has 0 aliphatic carbocycles. The fraction of sp³-hybridized carbons (Fsp3) is 0.600. The highest BCUT2D eigenvalue weighted by molar-refractivity contribution is 5.85. The second-order valence-corrected chi connectivity index (χ2v) is 2.32. The van der Waals surface area contributed by atoms with Crippen LogP contribution in [0, 0.1) is 0 Å². The van der Waals surface area contributed by atoms with Crippen LogP contribution in [0.25, 0.3) is 0 Å². The van der Waals surface area contributed by atoms with Gasteiger partial charge >= 0.3 is 6.09 Å². The van der Waals surface area contributed by atoms with Crippen LogP contribution in [0.5, 0.6) is 0 Å². The van der Waals surface area contributed by atoms with E-state index in [4.69, 9.17) is 0 Å². The molecule has 0 fully saturated rings. The first-order chi connectivity index (χ1) is 6.61. The minimum Gasteiger partial charge on any atom is -0.453 e. The van der Waals surface area contributed by atoms with E-state index < -0.39 is 12.1 Å². The summed E-state index contributed by atoms with van der Waals surface area (Å²) in [6.45, 7) is 8.88. The second kappa shape index (κ2) is 9.77. The van der Waals surface area contributed by atoms with Crippen molar-refractivity contribution in [1.82, 2.24) is 5.32 Å². The highest BCUT2D eigenvalue weighted by Gasteiger charge is 2.14. The maximum Gasteiger partial charge on any atom is 0.407 e. The summed E-state index contributed by atoms with van der Waals surface area (Å²) in [5, 5.41) is 2.39. The monoisotopic (exact) mass is 201 g/mol. The molecule has 0 spiro atoms. The van der Waals surface area contributed by atoms with Gasteiger partial charge in [-0.15, -0.1) is 6.58 Å². The van der Waals surface area contributed by atoms with Crippen molar-refractivity contribution in [2.45, 2.75) is 33.2 Å². The number of carbonyl (C=O) groups is 2. The molecule has 1 amide bonds. The van der Waals surface area contributed by atoms with Gasteiger partial charge in [-0.2, -0.15) is 0 Å². The Kier molecular flexibility index (Phi) is 10.6. The summed E-state index contributed by atoms with van der Waals surface area (Å²) in [6.07, 6.45) is 1.39. The molecule has 0 aliphatic heterocycles. The van der Waals surface area contributed by atoms with Crippen molar-refractivity contribution in [3.05, 3.63) is 12.7 Å². The van der Waals surface area contributed by atoms with Crippen LogP contribution in [0.4, 0.5) is 4.79 Å². The van der Waals surface area contributed by atoms with Crippen LogP contribution in [0.2, 0.25) is 0 Å². The van der Waals surface area contributed by atoms with E-state index in [1.807, 2.05) is 13.8 Å². The number of hydrogen-bond acceptors (Lipinski definition) is 3. The number of amides is 1. The van der Waals surface area contributed by atoms with Crippen molar-refractivity contribution in [3.8, 4) is 0 Å². The number of Topliss-reactive ketones (excluding diaryl/α,β-unsaturated/α-hetero) is 1. The van der Waals surface area contributed by atoms with E-state index in [0.29, 0.717) is 6.42 Å². The van der Waals surface area contributed by atoms with Gasteiger partial charge in [-0.05, 0) is 13.3 Å². The van der Waals surface area contributed by atoms with Gasteiger partial charge in [0.25, 0.3) is 0 Å². The van der Waals surface area contributed by atoms with Gasteiger partial charge in [0.05, 0.1) is 13.2 Å². The van der Waals surface area contributed by atoms with Crippen LogP contribution in [-0.2, 0) is 9.53 Å². The molecule has 0 bridgehead atoms. The quantitative estimate of drug-likeness (QED) is 0.707. The van der Waals surface area contributed by atoms with E-state index in [1.54, 1.807) is 6.08 Å². The van der Waals surface area contributed by atoms with Crippen molar-refractivity contribution in [2.75, 3.05) is 7.11 Å². The Morgan fingerprint density at radius 1 is 1.50 bits per heavy atom. The zero-order valence-electron chi connectivity index (χ0n) is 9.29. The number of nitrogens with one attached hydrogen (secondary N) is 1. The zero-order chi connectivity index (χ0) is 11.6. The molecule has 0 aromatic rings. The van der Waals surface area contributed by atoms with Gasteiger partial charge < -0.3 is 10.1 Å². The number of carbonyl (C=O) groups excluding carboxylic acids is 2. The van der Waals surface area contributed by atoms with Crippen LogP contribution in [0.3, 0.4) is 0 Å². The van der Waals surface area contributed by atoms with Crippen LogP contribution in [0.1, 0.15) is 27.2 Å². The highest BCUT2D eigenvalue weighted by Crippen LogP contribution is 1.94. The molecule has 4 nitrogen and oxygen atoms in total. The highest BCUT2D eigenvalue weighted by atomic mass is 16.5. The summed E-state index contributed by atoms with van der Waals surface area (Å²) < 4.78 is 4.34. The molecule has 1 atom stereocenters. The van der Waals surface area contributed by atoms with Crippen molar-refractivity contribution in [2.24, 2.45) is 0 Å². The largest absolute Gasteiger partial charge is 0.453 e. The molecule has 0 saturated heterocycles. The Labute approximate surface area is 85.3 Å². The number of ketones is 1. The average molecular weight is 201 g/mol. The van der Waals surface area contributed by atoms with E-state index in [1.165, 1.54) is 14.0 Å². The number of methoxy groups -OCH3 is 1. The van der Waals surface area contributed by atoms with Gasteiger partial charge in [0, 0.05) is 0 Å². The minimum absolute atomic E-state index is 0.111. The topological polar surface area (TPSA) is 55.4 Å². The normalized spacial score (nSPS) is 10.3. The van der Waals surface area contributed by atoms with E-state index in [-0.39, 0.29) is 5.78 Å². The third kappa shape index (κ3) is 7.34. The molecular weight excluding hydrogens is 182 g/mol. The van der Waals surface area contributed by atoms with Gasteiger partial charge in [0.15, 0.2) is 5.78 Å². The number of hydrogen-bond donors (Lipinski definition) is 1. The molecule has 0 rings (SSSR count). The fourth-order valence-electron chi connectivity index (χ4n) is 0.694. The Morgan fingerprint density at radius 2 is 2.00 bits per heavy atom. The predicted molar refractivity (Wildman–Crippen MR) is 56.2 cm³/mol. The third-order valence-electron chi connectivity index (χ3n) is 1.37. The van der Waals surface area contributed by atoms with E-state index in [0.717, 1.165) is 0 Å². The Hall–Kier alpha value is -1.32. The molecule has 1 unspecified atom stereocenters. The van der Waals surface area contributed by atoms with Crippen molar-refractivity contribution in [3.63, 3.8) is 0 Å². The van der Waals surface area contributed by atoms with Crippen molar-refractivity contribution < 1.29 is 14.3 Å². The lowest BCUT2D eigenvalue weighted by molar-refractivity contribution is -0.118. The molecule has 0 saturated carbocycles. The van der Waals surface area contributed by atoms with Gasteiger partial charge in [0.2, 0.25) is 0 Å². The lowest BCUT2D eigenvalue weighted by atomic mass is 10.1. The molecule has 0 radical (unpaired) electrons. The second-order valence-electron chi connectivity index (χ2n) is 2.32. The van der Waals surface area contributed by atoms with E-state index in [2.05, 4.69) is 16.6 Å². The summed E-state index contributed by atoms with van der Waals surface area (Å²) in [5.41, 5.74) is 0. The summed E-state index contributed by atoms with van der Waals surface area (Å²) in [7, 11) is 1.25. The molecule has 0 aromatic carbocycles. The standard InChI is InChI=1S/C8H13NO3.C2H6/c1-4-5-7(6(2)10)9-8(11)12-3;1-2/h4,7H,1,5H2,2-3H3,(H,9,11);1-2H3. The maximum atomic E-state index is 10.9. The lowest BCUT2D eigenvalue weighted by Gasteiger charge is -2.11. The molecule has 14 heavy (non-hydrogen) atoms. The SMILES string of the molecule is C=CCC(NC(=O)OC)C(C)=O.CC. The summed E-state index contributed by atoms with van der Waals surface area (Å²) in [6, 6.07) is -0.519. The van der Waals surface area contributed by atoms with Crippen LogP contribution >= 0.6 is 0 Å². The summed E-state index contributed by atoms with van der Waals surface area (Å²) in [5.74, 6) is -0.111. The fourth-order valence-corrected chi connectivity index (χ4v) is 0.694. The smallest absolute Gasteiger partial charge is 0.407 e. The van der Waals surface area contributed by atoms with Gasteiger partial charge in [0.1, 0.15) is 0 Å². The number of ether oxygens (including phenoxy) is 1. The molecular formula is C10H19NO3. The minimum atomic E-state index is -0.600. The average Bonchev–Trinajstić information content (AvgIpc) is 2.19. The number of rotatable bonds is 4. The zero-order valence-corrected chi connectivity index (χ0v) is 9.29. The lowest BCUT2D eigenvalue weighted by Crippen LogP contribution is -2.39. The van der Waals surface area contributed by atoms with E-state index in [9.17, 15) is 9.59 Å². The molecule has 4 heteroatoms. The van der Waals surface area contributed by atoms with Crippen molar-refractivity contribution >= 4 is 11.9 Å². The summed E-state index contributed by atoms with van der Waals surface area (Å²) >= 11 is 0. The number of alkyl carbamates (subject to hydrolysis) is 1. The molecule has 0 aromatic heterocycles. The third-order valence-corrected chi connectivity index (χ3v) is 1.37. The molecule has 82 valence electrons. The predicted octanol–water partition coefficient (Wildman–Crippen LogP) is 1.90. The van der Waals surface area contributed by atoms with Gasteiger partial charge in [-0.25, -0.2) is 4.79 Å². The van der Waals surface area contributed by atoms with Crippen LogP contribution < -0.4 is 5.32 Å². The summed E-state index contributed by atoms with van der Waals surface area (Å²) in [4.78, 5) is 21.5. The first kappa shape index (κ1) is 15.2. The van der Waals surface area contributed by atoms with Crippen molar-refractivity contribution in [1.29, 1.82) is 0 Å². The molecule has 0 heterocycles. The Morgan fingerprint density at radius 3 is 2.29 bits per heavy atom. The Bertz CT molecular complexity index is 190. The maximum absolute atomic E-state index is 10.9. The first-order valence-corrected chi connectivity index (χ1v) is 4.57. The van der Waals surface area contributed by atoms with Gasteiger partial charge in [-0.1, -0.05) is 19.9 Å². The van der Waals surface area contributed by atoms with E-state index >= 15 is 0 Å². The molecule has 0 aliphatic rings. The van der Waals surface area contributed by atoms with Crippen LogP contribution in [0.15, 0.2) is 12.7 Å².